The van der Waals surface area contributed by atoms with Crippen LogP contribution in [0.15, 0.2) is 30.3 Å². The minimum absolute atomic E-state index is 0.0516. The van der Waals surface area contributed by atoms with Gasteiger partial charge in [-0.25, -0.2) is 4.39 Å². The Bertz CT molecular complexity index is 768. The van der Waals surface area contributed by atoms with E-state index in [4.69, 9.17) is 0 Å². The smallest absolute Gasteiger partial charge is 0.261 e. The number of hydrogen-bond donors (Lipinski definition) is 2. The molecule has 3 aliphatic heterocycles. The van der Waals surface area contributed by atoms with E-state index < -0.39 is 5.82 Å². The van der Waals surface area contributed by atoms with Crippen molar-refractivity contribution in [3.05, 3.63) is 41.0 Å². The van der Waals surface area contributed by atoms with Gasteiger partial charge < -0.3 is 15.3 Å². The van der Waals surface area contributed by atoms with Gasteiger partial charge in [-0.05, 0) is 67.7 Å². The normalized spacial score (nSPS) is 25.6. The van der Waals surface area contributed by atoms with Gasteiger partial charge in [-0.2, -0.15) is 0 Å². The Morgan fingerprint density at radius 1 is 1.25 bits per heavy atom. The van der Waals surface area contributed by atoms with Gasteiger partial charge in [0, 0.05) is 17.5 Å². The number of piperidine rings is 3. The molecule has 0 spiro atoms. The van der Waals surface area contributed by atoms with Crippen molar-refractivity contribution in [2.24, 2.45) is 5.92 Å². The van der Waals surface area contributed by atoms with Crippen molar-refractivity contribution in [3.63, 3.8) is 0 Å². The third kappa shape index (κ3) is 2.91. The highest BCUT2D eigenvalue weighted by Gasteiger charge is 2.35. The molecule has 0 unspecified atom stereocenters. The van der Waals surface area contributed by atoms with Crippen LogP contribution in [0.4, 0.5) is 4.39 Å². The molecule has 0 radical (unpaired) electrons. The fraction of sp³-hybridized carbons (Fsp3) is 0.389. The molecule has 4 heterocycles. The summed E-state index contributed by atoms with van der Waals surface area (Å²) in [4.78, 5) is 16.4. The number of benzene rings is 1. The number of amides is 1. The van der Waals surface area contributed by atoms with Crippen LogP contribution in [0.3, 0.4) is 0 Å². The summed E-state index contributed by atoms with van der Waals surface area (Å²) in [7, 11) is 0. The first kappa shape index (κ1) is 15.6. The first-order valence-corrected chi connectivity index (χ1v) is 9.04. The Balaban J connectivity index is 1.48. The van der Waals surface area contributed by atoms with Crippen molar-refractivity contribution in [2.75, 3.05) is 19.6 Å². The summed E-state index contributed by atoms with van der Waals surface area (Å²) >= 11 is 1.34. The van der Waals surface area contributed by atoms with E-state index in [0.717, 1.165) is 37.4 Å². The lowest BCUT2D eigenvalue weighted by atomic mass is 9.84. The summed E-state index contributed by atoms with van der Waals surface area (Å²) in [5.74, 6) is -0.483. The van der Waals surface area contributed by atoms with Gasteiger partial charge in [-0.1, -0.05) is 0 Å². The lowest BCUT2D eigenvalue weighted by Crippen LogP contribution is -2.57. The molecule has 2 bridgehead atoms. The van der Waals surface area contributed by atoms with E-state index in [0.29, 0.717) is 16.4 Å². The predicted octanol–water partition coefficient (Wildman–Crippen LogP) is 3.08. The number of thiophene rings is 1. The summed E-state index contributed by atoms with van der Waals surface area (Å²) in [5.41, 5.74) is 0.664. The second kappa shape index (κ2) is 6.18. The highest BCUT2D eigenvalue weighted by molar-refractivity contribution is 7.17. The number of halogens is 1. The van der Waals surface area contributed by atoms with E-state index in [1.807, 2.05) is 6.07 Å². The van der Waals surface area contributed by atoms with Gasteiger partial charge in [0.2, 0.25) is 0 Å². The number of phenols is 1. The third-order valence-electron chi connectivity index (χ3n) is 5.03. The lowest BCUT2D eigenvalue weighted by molar-refractivity contribution is 0.0622. The fourth-order valence-corrected chi connectivity index (χ4v) is 4.55. The zero-order chi connectivity index (χ0) is 16.7. The van der Waals surface area contributed by atoms with Crippen molar-refractivity contribution in [1.82, 2.24) is 10.2 Å². The fourth-order valence-electron chi connectivity index (χ4n) is 3.64. The van der Waals surface area contributed by atoms with Gasteiger partial charge in [0.15, 0.2) is 11.6 Å². The zero-order valence-corrected chi connectivity index (χ0v) is 14.0. The standard InChI is InChI=1S/C18H19FN2O2S/c19-13-9-12(1-2-15(13)22)16-3-4-17(24-16)18(23)20-14-10-21-7-5-11(14)6-8-21/h1-4,9,11,14,22H,5-8,10H2,(H,20,23)/t14-/m0/s1. The highest BCUT2D eigenvalue weighted by atomic mass is 32.1. The van der Waals surface area contributed by atoms with Crippen molar-refractivity contribution < 1.29 is 14.3 Å². The molecule has 4 nitrogen and oxygen atoms in total. The van der Waals surface area contributed by atoms with E-state index in [2.05, 4.69) is 10.2 Å². The van der Waals surface area contributed by atoms with Crippen molar-refractivity contribution in [2.45, 2.75) is 18.9 Å². The molecule has 126 valence electrons. The molecule has 0 aliphatic carbocycles. The molecule has 6 heteroatoms. The van der Waals surface area contributed by atoms with Crippen molar-refractivity contribution in [3.8, 4) is 16.2 Å². The predicted molar refractivity (Wildman–Crippen MR) is 91.8 cm³/mol. The van der Waals surface area contributed by atoms with E-state index in [1.165, 1.54) is 23.5 Å². The number of carbonyl (C=O) groups is 1. The molecular formula is C18H19FN2O2S. The van der Waals surface area contributed by atoms with Crippen LogP contribution in [0.25, 0.3) is 10.4 Å². The molecule has 3 saturated heterocycles. The minimum atomic E-state index is -0.654. The van der Waals surface area contributed by atoms with Gasteiger partial charge in [0.25, 0.3) is 5.91 Å². The van der Waals surface area contributed by atoms with E-state index in [1.54, 1.807) is 12.1 Å². The van der Waals surface area contributed by atoms with Crippen LogP contribution in [0.5, 0.6) is 5.75 Å². The molecular weight excluding hydrogens is 327 g/mol. The Hall–Kier alpha value is -1.92. The average Bonchev–Trinajstić information content (AvgIpc) is 3.09. The molecule has 1 aromatic carbocycles. The van der Waals surface area contributed by atoms with Crippen LogP contribution in [-0.2, 0) is 0 Å². The van der Waals surface area contributed by atoms with Gasteiger partial charge in [0.1, 0.15) is 0 Å². The minimum Gasteiger partial charge on any atom is -0.505 e. The molecule has 0 saturated carbocycles. The maximum Gasteiger partial charge on any atom is 0.261 e. The van der Waals surface area contributed by atoms with Crippen molar-refractivity contribution in [1.29, 1.82) is 0 Å². The van der Waals surface area contributed by atoms with E-state index in [9.17, 15) is 14.3 Å². The van der Waals surface area contributed by atoms with Crippen LogP contribution in [0.2, 0.25) is 0 Å². The number of rotatable bonds is 3. The second-order valence-electron chi connectivity index (χ2n) is 6.55. The monoisotopic (exact) mass is 346 g/mol. The number of carbonyl (C=O) groups excluding carboxylic acids is 1. The molecule has 1 atom stereocenters. The maximum absolute atomic E-state index is 13.5. The SMILES string of the molecule is O=C(N[C@H]1CN2CCC1CC2)c1ccc(-c2ccc(O)c(F)c2)s1. The number of hydrogen-bond acceptors (Lipinski definition) is 4. The molecule has 24 heavy (non-hydrogen) atoms. The van der Waals surface area contributed by atoms with Gasteiger partial charge in [0.05, 0.1) is 4.88 Å². The number of nitrogens with zero attached hydrogens (tertiary/aromatic N) is 1. The molecule has 3 fully saturated rings. The van der Waals surface area contributed by atoms with Gasteiger partial charge in [-0.15, -0.1) is 11.3 Å². The number of aromatic hydroxyl groups is 1. The Labute approximate surface area is 143 Å². The summed E-state index contributed by atoms with van der Waals surface area (Å²) in [6, 6.07) is 8.10. The van der Waals surface area contributed by atoms with Gasteiger partial charge >= 0.3 is 0 Å². The number of phenolic OH excluding ortho intramolecular Hbond substituents is 1. The quantitative estimate of drug-likeness (QED) is 0.898. The van der Waals surface area contributed by atoms with Crippen LogP contribution in [0.1, 0.15) is 22.5 Å². The van der Waals surface area contributed by atoms with Crippen LogP contribution in [0, 0.1) is 11.7 Å². The first-order valence-electron chi connectivity index (χ1n) is 8.22. The summed E-state index contributed by atoms with van der Waals surface area (Å²) in [6.45, 7) is 3.23. The van der Waals surface area contributed by atoms with Crippen LogP contribution in [-0.4, -0.2) is 41.6 Å². The molecule has 1 aromatic heterocycles. The van der Waals surface area contributed by atoms with E-state index in [-0.39, 0.29) is 17.7 Å². The third-order valence-corrected chi connectivity index (χ3v) is 6.17. The zero-order valence-electron chi connectivity index (χ0n) is 13.2. The average molecular weight is 346 g/mol. The Kier molecular flexibility index (Phi) is 4.02. The van der Waals surface area contributed by atoms with Gasteiger partial charge in [-0.3, -0.25) is 4.79 Å². The largest absolute Gasteiger partial charge is 0.505 e. The topological polar surface area (TPSA) is 52.6 Å². The molecule has 2 N–H and O–H groups in total. The number of nitrogens with one attached hydrogen (secondary N) is 1. The number of fused-ring (bicyclic) bond motifs is 3. The molecule has 3 aliphatic rings. The lowest BCUT2D eigenvalue weighted by Gasteiger charge is -2.44. The molecule has 5 rings (SSSR count). The van der Waals surface area contributed by atoms with Crippen LogP contribution >= 0.6 is 11.3 Å². The maximum atomic E-state index is 13.5. The van der Waals surface area contributed by atoms with Crippen LogP contribution < -0.4 is 5.32 Å². The molecule has 1 amide bonds. The summed E-state index contributed by atoms with van der Waals surface area (Å²) < 4.78 is 13.5. The highest BCUT2D eigenvalue weighted by Crippen LogP contribution is 2.32. The first-order chi connectivity index (χ1) is 11.6. The van der Waals surface area contributed by atoms with Crippen molar-refractivity contribution >= 4 is 17.2 Å². The summed E-state index contributed by atoms with van der Waals surface area (Å²) in [6.07, 6.45) is 2.32. The summed E-state index contributed by atoms with van der Waals surface area (Å²) in [5, 5.41) is 12.4. The Morgan fingerprint density at radius 3 is 2.71 bits per heavy atom. The van der Waals surface area contributed by atoms with E-state index >= 15 is 0 Å². The Morgan fingerprint density at radius 2 is 2.04 bits per heavy atom. The molecule has 2 aromatic rings. The second-order valence-corrected chi connectivity index (χ2v) is 7.63.